The van der Waals surface area contributed by atoms with Crippen molar-refractivity contribution in [2.24, 2.45) is 0 Å². The Hall–Kier alpha value is -2.78. The summed E-state index contributed by atoms with van der Waals surface area (Å²) in [5, 5.41) is 12.5. The van der Waals surface area contributed by atoms with Crippen LogP contribution in [0.3, 0.4) is 0 Å². The number of aromatic hydroxyl groups is 1. The smallest absolute Gasteiger partial charge is 0.255 e. The van der Waals surface area contributed by atoms with Gasteiger partial charge in [0.05, 0.1) is 0 Å². The van der Waals surface area contributed by atoms with Crippen LogP contribution in [0.5, 0.6) is 5.75 Å². The fourth-order valence-corrected chi connectivity index (χ4v) is 2.55. The third-order valence-electron chi connectivity index (χ3n) is 3.44. The average Bonchev–Trinajstić information content (AvgIpc) is 2.57. The Bertz CT molecular complexity index is 830. The van der Waals surface area contributed by atoms with E-state index in [1.54, 1.807) is 24.3 Å². The molecule has 3 aromatic rings. The van der Waals surface area contributed by atoms with Crippen molar-refractivity contribution in [2.75, 3.05) is 5.32 Å². The van der Waals surface area contributed by atoms with Crippen LogP contribution in [0.25, 0.3) is 11.1 Å². The molecule has 0 atom stereocenters. The first-order chi connectivity index (χ1) is 11.1. The first kappa shape index (κ1) is 15.1. The van der Waals surface area contributed by atoms with Gasteiger partial charge >= 0.3 is 0 Å². The Balaban J connectivity index is 1.82. The SMILES string of the molecule is O=C(Nc1ccc(O)cc1)c1ccc(-c2ccccc2)c(Cl)c1. The molecule has 0 saturated heterocycles. The summed E-state index contributed by atoms with van der Waals surface area (Å²) in [5.74, 6) is -0.101. The van der Waals surface area contributed by atoms with Crippen molar-refractivity contribution < 1.29 is 9.90 Å². The van der Waals surface area contributed by atoms with Gasteiger partial charge in [-0.3, -0.25) is 4.79 Å². The second-order valence-electron chi connectivity index (χ2n) is 5.06. The normalized spacial score (nSPS) is 10.3. The summed E-state index contributed by atoms with van der Waals surface area (Å²) in [5.41, 5.74) is 2.97. The molecule has 0 fully saturated rings. The molecule has 3 nitrogen and oxygen atoms in total. The number of hydrogen-bond donors (Lipinski definition) is 2. The summed E-state index contributed by atoms with van der Waals surface area (Å²) in [6, 6.07) is 21.3. The molecule has 23 heavy (non-hydrogen) atoms. The lowest BCUT2D eigenvalue weighted by atomic mass is 10.0. The number of hydrogen-bond acceptors (Lipinski definition) is 2. The zero-order valence-corrected chi connectivity index (χ0v) is 12.9. The van der Waals surface area contributed by atoms with Crippen LogP contribution in [0, 0.1) is 0 Å². The molecule has 2 N–H and O–H groups in total. The number of carbonyl (C=O) groups is 1. The Kier molecular flexibility index (Phi) is 4.31. The van der Waals surface area contributed by atoms with Gasteiger partial charge in [-0.25, -0.2) is 0 Å². The van der Waals surface area contributed by atoms with Gasteiger partial charge < -0.3 is 10.4 Å². The molecular formula is C19H14ClNO2. The summed E-state index contributed by atoms with van der Waals surface area (Å²) in [6.07, 6.45) is 0. The van der Waals surface area contributed by atoms with Gasteiger partial charge in [-0.1, -0.05) is 48.0 Å². The maximum atomic E-state index is 12.3. The van der Waals surface area contributed by atoms with Crippen molar-refractivity contribution in [1.29, 1.82) is 0 Å². The molecule has 114 valence electrons. The van der Waals surface area contributed by atoms with Crippen LogP contribution in [0.4, 0.5) is 5.69 Å². The Morgan fingerprint density at radius 1 is 0.913 bits per heavy atom. The van der Waals surface area contributed by atoms with E-state index in [1.807, 2.05) is 36.4 Å². The van der Waals surface area contributed by atoms with Crippen molar-refractivity contribution in [3.8, 4) is 16.9 Å². The van der Waals surface area contributed by atoms with Crippen molar-refractivity contribution in [2.45, 2.75) is 0 Å². The zero-order valence-electron chi connectivity index (χ0n) is 12.2. The number of rotatable bonds is 3. The molecular weight excluding hydrogens is 310 g/mol. The highest BCUT2D eigenvalue weighted by Gasteiger charge is 2.10. The van der Waals surface area contributed by atoms with Crippen LogP contribution in [0.15, 0.2) is 72.8 Å². The van der Waals surface area contributed by atoms with E-state index in [-0.39, 0.29) is 11.7 Å². The van der Waals surface area contributed by atoms with Gasteiger partial charge in [0, 0.05) is 21.8 Å². The summed E-state index contributed by atoms with van der Waals surface area (Å²) >= 11 is 6.32. The van der Waals surface area contributed by atoms with E-state index in [1.165, 1.54) is 12.1 Å². The van der Waals surface area contributed by atoms with Crippen LogP contribution in [0.1, 0.15) is 10.4 Å². The van der Waals surface area contributed by atoms with E-state index in [4.69, 9.17) is 11.6 Å². The van der Waals surface area contributed by atoms with E-state index in [9.17, 15) is 9.90 Å². The number of benzene rings is 3. The summed E-state index contributed by atoms with van der Waals surface area (Å²) in [4.78, 5) is 12.3. The number of anilines is 1. The number of phenols is 1. The summed E-state index contributed by atoms with van der Waals surface area (Å²) in [6.45, 7) is 0. The van der Waals surface area contributed by atoms with E-state index >= 15 is 0 Å². The lowest BCUT2D eigenvalue weighted by Crippen LogP contribution is -2.11. The molecule has 1 amide bonds. The third-order valence-corrected chi connectivity index (χ3v) is 3.75. The van der Waals surface area contributed by atoms with E-state index in [2.05, 4.69) is 5.32 Å². The molecule has 0 saturated carbocycles. The lowest BCUT2D eigenvalue weighted by Gasteiger charge is -2.09. The van der Waals surface area contributed by atoms with Crippen LogP contribution in [0.2, 0.25) is 5.02 Å². The standard InChI is InChI=1S/C19H14ClNO2/c20-18-12-14(6-11-17(18)13-4-2-1-3-5-13)19(23)21-15-7-9-16(22)10-8-15/h1-12,22H,(H,21,23). The molecule has 0 unspecified atom stereocenters. The lowest BCUT2D eigenvalue weighted by molar-refractivity contribution is 0.102. The number of carbonyl (C=O) groups excluding carboxylic acids is 1. The Morgan fingerprint density at radius 2 is 1.61 bits per heavy atom. The molecule has 0 aliphatic heterocycles. The van der Waals surface area contributed by atoms with Gasteiger partial charge in [0.15, 0.2) is 0 Å². The first-order valence-corrected chi connectivity index (χ1v) is 7.46. The highest BCUT2D eigenvalue weighted by Crippen LogP contribution is 2.28. The average molecular weight is 324 g/mol. The molecule has 0 heterocycles. The van der Waals surface area contributed by atoms with Gasteiger partial charge in [0.25, 0.3) is 5.91 Å². The highest BCUT2D eigenvalue weighted by molar-refractivity contribution is 6.33. The Labute approximate surface area is 139 Å². The maximum absolute atomic E-state index is 12.3. The molecule has 3 rings (SSSR count). The predicted octanol–water partition coefficient (Wildman–Crippen LogP) is 4.96. The minimum absolute atomic E-state index is 0.151. The van der Waals surface area contributed by atoms with Gasteiger partial charge in [-0.15, -0.1) is 0 Å². The fourth-order valence-electron chi connectivity index (χ4n) is 2.26. The van der Waals surface area contributed by atoms with E-state index < -0.39 is 0 Å². The number of amides is 1. The van der Waals surface area contributed by atoms with Crippen molar-refractivity contribution >= 4 is 23.2 Å². The molecule has 0 aliphatic carbocycles. The summed E-state index contributed by atoms with van der Waals surface area (Å²) < 4.78 is 0. The molecule has 4 heteroatoms. The minimum Gasteiger partial charge on any atom is -0.508 e. The second kappa shape index (κ2) is 6.55. The monoisotopic (exact) mass is 323 g/mol. The van der Waals surface area contributed by atoms with Gasteiger partial charge in [0.1, 0.15) is 5.75 Å². The van der Waals surface area contributed by atoms with Gasteiger partial charge in [-0.2, -0.15) is 0 Å². The first-order valence-electron chi connectivity index (χ1n) is 7.09. The number of halogens is 1. The number of phenolic OH excluding ortho intramolecular Hbond substituents is 1. The van der Waals surface area contributed by atoms with Crippen molar-refractivity contribution in [3.05, 3.63) is 83.4 Å². The zero-order chi connectivity index (χ0) is 16.2. The topological polar surface area (TPSA) is 49.3 Å². The third kappa shape index (κ3) is 3.52. The van der Waals surface area contributed by atoms with Gasteiger partial charge in [-0.05, 0) is 42.0 Å². The van der Waals surface area contributed by atoms with Gasteiger partial charge in [0.2, 0.25) is 0 Å². The predicted molar refractivity (Wildman–Crippen MR) is 92.9 cm³/mol. The molecule has 3 aromatic carbocycles. The van der Waals surface area contributed by atoms with Crippen LogP contribution >= 0.6 is 11.6 Å². The maximum Gasteiger partial charge on any atom is 0.255 e. The minimum atomic E-state index is -0.253. The highest BCUT2D eigenvalue weighted by atomic mass is 35.5. The number of nitrogens with one attached hydrogen (secondary N) is 1. The molecule has 0 spiro atoms. The molecule has 0 aliphatic rings. The molecule has 0 aromatic heterocycles. The van der Waals surface area contributed by atoms with Crippen LogP contribution in [-0.4, -0.2) is 11.0 Å². The summed E-state index contributed by atoms with van der Waals surface area (Å²) in [7, 11) is 0. The van der Waals surface area contributed by atoms with Crippen molar-refractivity contribution in [1.82, 2.24) is 0 Å². The molecule has 0 radical (unpaired) electrons. The van der Waals surface area contributed by atoms with Crippen LogP contribution in [-0.2, 0) is 0 Å². The van der Waals surface area contributed by atoms with Crippen molar-refractivity contribution in [3.63, 3.8) is 0 Å². The van der Waals surface area contributed by atoms with E-state index in [0.717, 1.165) is 11.1 Å². The Morgan fingerprint density at radius 3 is 2.26 bits per heavy atom. The quantitative estimate of drug-likeness (QED) is 0.669. The largest absolute Gasteiger partial charge is 0.508 e. The van der Waals surface area contributed by atoms with Crippen LogP contribution < -0.4 is 5.32 Å². The van der Waals surface area contributed by atoms with E-state index in [0.29, 0.717) is 16.3 Å². The molecule has 0 bridgehead atoms. The second-order valence-corrected chi connectivity index (χ2v) is 5.47. The fraction of sp³-hybridized carbons (Fsp3) is 0.